The number of nitro groups is 1. The van der Waals surface area contributed by atoms with Gasteiger partial charge in [0.25, 0.3) is 0 Å². The van der Waals surface area contributed by atoms with Crippen LogP contribution in [0.1, 0.15) is 0 Å². The Morgan fingerprint density at radius 2 is 2.24 bits per heavy atom. The van der Waals surface area contributed by atoms with E-state index in [-0.39, 0.29) is 10.9 Å². The first-order chi connectivity index (χ1) is 7.78. The highest BCUT2D eigenvalue weighted by molar-refractivity contribution is 6.09. The number of hydrogen-bond donors (Lipinski definition) is 2. The van der Waals surface area contributed by atoms with Crippen LogP contribution < -0.4 is 5.53 Å². The van der Waals surface area contributed by atoms with E-state index in [0.717, 1.165) is 6.08 Å². The van der Waals surface area contributed by atoms with Crippen LogP contribution in [0, 0.1) is 10.1 Å². The second-order valence-electron chi connectivity index (χ2n) is 3.35. The lowest BCUT2D eigenvalue weighted by Gasteiger charge is -2.24. The Morgan fingerprint density at radius 3 is 2.76 bits per heavy atom. The molecule has 92 valence electrons. The quantitative estimate of drug-likeness (QED) is 0.524. The first-order valence-electron chi connectivity index (χ1n) is 4.24. The van der Waals surface area contributed by atoms with Crippen LogP contribution in [0.25, 0.3) is 0 Å². The highest BCUT2D eigenvalue weighted by Gasteiger charge is 2.64. The number of fused-ring (bicyclic) bond motifs is 1. The van der Waals surface area contributed by atoms with Crippen LogP contribution in [0.2, 0.25) is 0 Å². The normalized spacial score (nSPS) is 27.2. The van der Waals surface area contributed by atoms with Crippen LogP contribution in [0.4, 0.5) is 13.2 Å². The smallest absolute Gasteiger partial charge is 0.268 e. The van der Waals surface area contributed by atoms with Crippen LogP contribution in [-0.4, -0.2) is 32.7 Å². The van der Waals surface area contributed by atoms with Gasteiger partial charge in [-0.05, 0) is 6.08 Å². The molecule has 2 rings (SSSR count). The minimum absolute atomic E-state index is 0.0192. The number of hydrazone groups is 1. The van der Waals surface area contributed by atoms with Crippen molar-refractivity contribution in [1.29, 1.82) is 0 Å². The third-order valence-electron chi connectivity index (χ3n) is 2.36. The van der Waals surface area contributed by atoms with E-state index in [9.17, 15) is 23.3 Å². The van der Waals surface area contributed by atoms with Gasteiger partial charge in [0.2, 0.25) is 0 Å². The zero-order chi connectivity index (χ0) is 12.8. The maximum atomic E-state index is 12.7. The SMILES string of the molecule is O=[N+]([O-])C1(C(F)(F)F)C=CC2=NNN(O)C2=C1. The molecule has 0 aromatic rings. The summed E-state index contributed by atoms with van der Waals surface area (Å²) < 4.78 is 38.2. The van der Waals surface area contributed by atoms with Gasteiger partial charge in [0.15, 0.2) is 0 Å². The molecule has 0 bridgehead atoms. The van der Waals surface area contributed by atoms with Crippen molar-refractivity contribution in [2.24, 2.45) is 5.10 Å². The summed E-state index contributed by atoms with van der Waals surface area (Å²) in [4.78, 5) is 9.17. The molecular weight excluding hydrogens is 245 g/mol. The van der Waals surface area contributed by atoms with Gasteiger partial charge in [0.05, 0.1) is 0 Å². The van der Waals surface area contributed by atoms with Crippen molar-refractivity contribution in [3.8, 4) is 0 Å². The molecule has 10 heteroatoms. The molecule has 0 radical (unpaired) electrons. The second kappa shape index (κ2) is 3.20. The number of nitrogens with zero attached hydrogens (tertiary/aromatic N) is 3. The van der Waals surface area contributed by atoms with Crippen molar-refractivity contribution in [1.82, 2.24) is 10.7 Å². The number of alkyl halides is 3. The summed E-state index contributed by atoms with van der Waals surface area (Å²) in [5.41, 5.74) is -1.83. The van der Waals surface area contributed by atoms with Gasteiger partial charge in [0, 0.05) is 17.1 Å². The monoisotopic (exact) mass is 250 g/mol. The van der Waals surface area contributed by atoms with Crippen LogP contribution in [-0.2, 0) is 0 Å². The van der Waals surface area contributed by atoms with E-state index < -0.39 is 22.3 Å². The molecule has 1 unspecified atom stereocenters. The number of rotatable bonds is 1. The van der Waals surface area contributed by atoms with Gasteiger partial charge in [-0.25, -0.2) is 0 Å². The van der Waals surface area contributed by atoms with Gasteiger partial charge < -0.3 is 0 Å². The van der Waals surface area contributed by atoms with Crippen LogP contribution in [0.15, 0.2) is 29.0 Å². The Bertz CT molecular complexity index is 469. The minimum atomic E-state index is -5.12. The second-order valence-corrected chi connectivity index (χ2v) is 3.35. The Balaban J connectivity index is 2.56. The van der Waals surface area contributed by atoms with E-state index in [1.165, 1.54) is 0 Å². The van der Waals surface area contributed by atoms with Crippen LogP contribution in [0.5, 0.6) is 0 Å². The molecular formula is C7H5F3N4O3. The molecule has 0 saturated heterocycles. The molecule has 2 N–H and O–H groups in total. The molecule has 17 heavy (non-hydrogen) atoms. The Kier molecular flexibility index (Phi) is 2.14. The highest BCUT2D eigenvalue weighted by atomic mass is 19.4. The molecule has 1 atom stereocenters. The lowest BCUT2D eigenvalue weighted by atomic mass is 9.91. The summed E-state index contributed by atoms with van der Waals surface area (Å²) in [7, 11) is 0. The molecule has 0 amide bonds. The number of hydrogen-bond acceptors (Lipinski definition) is 6. The molecule has 0 aromatic carbocycles. The van der Waals surface area contributed by atoms with Crippen molar-refractivity contribution < 1.29 is 23.3 Å². The first-order valence-corrected chi connectivity index (χ1v) is 4.24. The Hall–Kier alpha value is -2.10. The van der Waals surface area contributed by atoms with E-state index in [4.69, 9.17) is 5.21 Å². The molecule has 0 spiro atoms. The van der Waals surface area contributed by atoms with Crippen molar-refractivity contribution in [2.45, 2.75) is 11.7 Å². The van der Waals surface area contributed by atoms with Crippen molar-refractivity contribution in [3.63, 3.8) is 0 Å². The molecule has 1 aliphatic heterocycles. The molecule has 0 saturated carbocycles. The fourth-order valence-corrected chi connectivity index (χ4v) is 1.43. The zero-order valence-electron chi connectivity index (χ0n) is 7.97. The minimum Gasteiger partial charge on any atom is -0.268 e. The van der Waals surface area contributed by atoms with Crippen LogP contribution in [0.3, 0.4) is 0 Å². The first kappa shape index (κ1) is 11.4. The number of nitrogens with one attached hydrogen (secondary N) is 1. The average molecular weight is 250 g/mol. The fourth-order valence-electron chi connectivity index (χ4n) is 1.43. The standard InChI is InChI=1S/C7H5F3N4O3/c8-7(9,10)6(14(16)17)2-1-4-5(3-6)13(15)12-11-4/h1-3,12,15H. The van der Waals surface area contributed by atoms with E-state index in [1.54, 1.807) is 0 Å². The summed E-state index contributed by atoms with van der Waals surface area (Å²) in [6.45, 7) is 0. The van der Waals surface area contributed by atoms with Crippen molar-refractivity contribution in [2.75, 3.05) is 0 Å². The molecule has 0 fully saturated rings. The largest absolute Gasteiger partial charge is 0.469 e. The van der Waals surface area contributed by atoms with E-state index in [0.29, 0.717) is 12.2 Å². The summed E-state index contributed by atoms with van der Waals surface area (Å²) in [5, 5.41) is 23.4. The maximum Gasteiger partial charge on any atom is 0.469 e. The van der Waals surface area contributed by atoms with E-state index >= 15 is 0 Å². The highest BCUT2D eigenvalue weighted by Crippen LogP contribution is 2.39. The maximum absolute atomic E-state index is 12.7. The van der Waals surface area contributed by atoms with E-state index in [1.807, 2.05) is 5.53 Å². The molecule has 1 heterocycles. The predicted molar refractivity (Wildman–Crippen MR) is 47.2 cm³/mol. The summed E-state index contributed by atoms with van der Waals surface area (Å²) in [5.74, 6) is 0. The van der Waals surface area contributed by atoms with Gasteiger partial charge in [-0.2, -0.15) is 23.8 Å². The number of allylic oxidation sites excluding steroid dienone is 1. The van der Waals surface area contributed by atoms with Gasteiger partial charge in [-0.1, -0.05) is 0 Å². The van der Waals surface area contributed by atoms with Crippen molar-refractivity contribution >= 4 is 5.71 Å². The number of halogens is 3. The third-order valence-corrected chi connectivity index (χ3v) is 2.36. The van der Waals surface area contributed by atoms with Gasteiger partial charge in [-0.3, -0.25) is 15.3 Å². The van der Waals surface area contributed by atoms with Crippen LogP contribution >= 0.6 is 0 Å². The number of hydroxylamine groups is 1. The molecule has 1 aliphatic carbocycles. The van der Waals surface area contributed by atoms with Gasteiger partial charge >= 0.3 is 11.7 Å². The predicted octanol–water partition coefficient (Wildman–Crippen LogP) is 0.583. The summed E-state index contributed by atoms with van der Waals surface area (Å²) in [6, 6.07) is 0. The van der Waals surface area contributed by atoms with Gasteiger partial charge in [0.1, 0.15) is 11.4 Å². The topological polar surface area (TPSA) is 91.0 Å². The summed E-state index contributed by atoms with van der Waals surface area (Å²) >= 11 is 0. The average Bonchev–Trinajstić information content (AvgIpc) is 2.58. The fraction of sp³-hybridized carbons (Fsp3) is 0.286. The summed E-state index contributed by atoms with van der Waals surface area (Å²) in [6.07, 6.45) is -3.61. The number of hydrazine groups is 1. The zero-order valence-corrected chi connectivity index (χ0v) is 7.97. The molecule has 2 aliphatic rings. The Labute approximate surface area is 91.6 Å². The molecule has 7 nitrogen and oxygen atoms in total. The van der Waals surface area contributed by atoms with E-state index in [2.05, 4.69) is 5.10 Å². The molecule has 0 aromatic heterocycles. The third kappa shape index (κ3) is 1.45. The Morgan fingerprint density at radius 1 is 1.59 bits per heavy atom. The van der Waals surface area contributed by atoms with Gasteiger partial charge in [-0.15, -0.1) is 5.17 Å². The lowest BCUT2D eigenvalue weighted by molar-refractivity contribution is -0.582. The lowest BCUT2D eigenvalue weighted by Crippen LogP contribution is -2.51. The van der Waals surface area contributed by atoms with Crippen molar-refractivity contribution in [3.05, 3.63) is 34.0 Å².